The lowest BCUT2D eigenvalue weighted by Crippen LogP contribution is -2.29. The maximum Gasteiger partial charge on any atom is 0.267 e. The van der Waals surface area contributed by atoms with E-state index in [0.29, 0.717) is 17.3 Å². The molecule has 0 radical (unpaired) electrons. The van der Waals surface area contributed by atoms with Gasteiger partial charge in [-0.25, -0.2) is 27.8 Å². The van der Waals surface area contributed by atoms with Crippen LogP contribution in [-0.4, -0.2) is 34.1 Å². The van der Waals surface area contributed by atoms with Crippen LogP contribution in [0.2, 0.25) is 0 Å². The van der Waals surface area contributed by atoms with Gasteiger partial charge < -0.3 is 5.32 Å². The Hall–Kier alpha value is -3.60. The van der Waals surface area contributed by atoms with Crippen molar-refractivity contribution in [2.24, 2.45) is 0 Å². The van der Waals surface area contributed by atoms with Crippen LogP contribution in [0.3, 0.4) is 0 Å². The Bertz CT molecular complexity index is 1280. The average molecular weight is 440 g/mol. The number of carbonyl (C=O) groups is 1. The van der Waals surface area contributed by atoms with E-state index in [2.05, 4.69) is 25.1 Å². The molecule has 1 fully saturated rings. The van der Waals surface area contributed by atoms with Crippen LogP contribution in [0.5, 0.6) is 0 Å². The fourth-order valence-corrected chi connectivity index (χ4v) is 3.86. The van der Waals surface area contributed by atoms with E-state index in [9.17, 15) is 18.0 Å². The molecule has 0 bridgehead atoms. The van der Waals surface area contributed by atoms with Crippen LogP contribution in [-0.2, 0) is 21.4 Å². The molecule has 10 nitrogen and oxygen atoms in total. The largest absolute Gasteiger partial charge is 0.324 e. The second-order valence-corrected chi connectivity index (χ2v) is 8.91. The SMILES string of the molecule is Cc1ccnc(NS(=O)(=O)c2ccc(NC(=O)Cn3nc(C4CC4)ccc3=O)cc2)n1. The van der Waals surface area contributed by atoms with Crippen LogP contribution >= 0.6 is 0 Å². The van der Waals surface area contributed by atoms with Gasteiger partial charge in [0.25, 0.3) is 15.6 Å². The van der Waals surface area contributed by atoms with Crippen LogP contribution in [0.1, 0.15) is 30.1 Å². The molecule has 0 saturated heterocycles. The molecule has 4 rings (SSSR count). The molecule has 1 saturated carbocycles. The summed E-state index contributed by atoms with van der Waals surface area (Å²) in [4.78, 5) is 32.2. The number of benzene rings is 1. The third-order valence-corrected chi connectivity index (χ3v) is 5.99. The summed E-state index contributed by atoms with van der Waals surface area (Å²) in [7, 11) is -3.88. The Balaban J connectivity index is 1.42. The van der Waals surface area contributed by atoms with Crippen molar-refractivity contribution in [3.63, 3.8) is 0 Å². The van der Waals surface area contributed by atoms with Crippen molar-refractivity contribution in [3.8, 4) is 0 Å². The van der Waals surface area contributed by atoms with Gasteiger partial charge in [0.05, 0.1) is 10.6 Å². The minimum atomic E-state index is -3.88. The number of nitrogens with zero attached hydrogens (tertiary/aromatic N) is 4. The molecule has 2 heterocycles. The number of nitrogens with one attached hydrogen (secondary N) is 2. The van der Waals surface area contributed by atoms with Crippen LogP contribution in [0.4, 0.5) is 11.6 Å². The number of amides is 1. The Morgan fingerprint density at radius 2 is 1.87 bits per heavy atom. The number of rotatable bonds is 7. The zero-order chi connectivity index (χ0) is 22.0. The molecule has 1 amide bonds. The summed E-state index contributed by atoms with van der Waals surface area (Å²) in [5.41, 5.74) is 1.47. The van der Waals surface area contributed by atoms with Gasteiger partial charge in [0.2, 0.25) is 11.9 Å². The molecule has 31 heavy (non-hydrogen) atoms. The van der Waals surface area contributed by atoms with E-state index in [0.717, 1.165) is 23.2 Å². The number of sulfonamides is 1. The molecule has 2 aromatic heterocycles. The molecule has 1 aliphatic carbocycles. The van der Waals surface area contributed by atoms with E-state index in [-0.39, 0.29) is 22.9 Å². The van der Waals surface area contributed by atoms with E-state index in [1.807, 2.05) is 0 Å². The van der Waals surface area contributed by atoms with Crippen LogP contribution in [0.15, 0.2) is 58.4 Å². The normalized spacial score (nSPS) is 13.6. The Labute approximate surface area is 178 Å². The molecule has 3 aromatic rings. The van der Waals surface area contributed by atoms with E-state index in [1.165, 1.54) is 36.5 Å². The van der Waals surface area contributed by atoms with Gasteiger partial charge in [-0.05, 0) is 56.2 Å². The van der Waals surface area contributed by atoms with Gasteiger partial charge >= 0.3 is 0 Å². The highest BCUT2D eigenvalue weighted by atomic mass is 32.2. The van der Waals surface area contributed by atoms with Crippen molar-refractivity contribution in [2.75, 3.05) is 10.0 Å². The summed E-state index contributed by atoms with van der Waals surface area (Å²) < 4.78 is 28.4. The van der Waals surface area contributed by atoms with Gasteiger partial charge in [-0.3, -0.25) is 9.59 Å². The number of carbonyl (C=O) groups excluding carboxylic acids is 1. The maximum absolute atomic E-state index is 12.5. The van der Waals surface area contributed by atoms with E-state index in [1.54, 1.807) is 19.1 Å². The summed E-state index contributed by atoms with van der Waals surface area (Å²) in [6.07, 6.45) is 3.54. The minimum Gasteiger partial charge on any atom is -0.324 e. The van der Waals surface area contributed by atoms with E-state index < -0.39 is 15.9 Å². The number of hydrogen-bond acceptors (Lipinski definition) is 7. The number of anilines is 2. The lowest BCUT2D eigenvalue weighted by molar-refractivity contribution is -0.117. The highest BCUT2D eigenvalue weighted by molar-refractivity contribution is 7.92. The van der Waals surface area contributed by atoms with E-state index >= 15 is 0 Å². The molecule has 11 heteroatoms. The fourth-order valence-electron chi connectivity index (χ4n) is 2.91. The minimum absolute atomic E-state index is 0.00868. The van der Waals surface area contributed by atoms with Crippen molar-refractivity contribution in [2.45, 2.75) is 37.1 Å². The van der Waals surface area contributed by atoms with Crippen molar-refractivity contribution in [3.05, 3.63) is 70.4 Å². The summed E-state index contributed by atoms with van der Waals surface area (Å²) >= 11 is 0. The quantitative estimate of drug-likeness (QED) is 0.570. The monoisotopic (exact) mass is 440 g/mol. The molecule has 0 spiro atoms. The first-order valence-corrected chi connectivity index (χ1v) is 11.1. The molecular formula is C20H20N6O4S. The lowest BCUT2D eigenvalue weighted by Gasteiger charge is -2.10. The van der Waals surface area contributed by atoms with Crippen molar-refractivity contribution in [1.82, 2.24) is 19.7 Å². The number of aryl methyl sites for hydroxylation is 1. The Kier molecular flexibility index (Phi) is 5.51. The van der Waals surface area contributed by atoms with Crippen molar-refractivity contribution in [1.29, 1.82) is 0 Å². The molecule has 0 aliphatic heterocycles. The predicted molar refractivity (Wildman–Crippen MR) is 113 cm³/mol. The molecule has 2 N–H and O–H groups in total. The third-order valence-electron chi connectivity index (χ3n) is 4.65. The summed E-state index contributed by atoms with van der Waals surface area (Å²) in [5.74, 6) is -0.101. The van der Waals surface area contributed by atoms with Gasteiger partial charge in [0.1, 0.15) is 6.54 Å². The summed E-state index contributed by atoms with van der Waals surface area (Å²) in [6, 6.07) is 10.4. The lowest BCUT2D eigenvalue weighted by atomic mass is 10.3. The Morgan fingerprint density at radius 3 is 2.55 bits per heavy atom. The second kappa shape index (κ2) is 8.26. The molecule has 160 valence electrons. The predicted octanol–water partition coefficient (Wildman–Crippen LogP) is 1.66. The first kappa shape index (κ1) is 20.7. The summed E-state index contributed by atoms with van der Waals surface area (Å²) in [5, 5.41) is 6.89. The topological polar surface area (TPSA) is 136 Å². The molecule has 0 unspecified atom stereocenters. The maximum atomic E-state index is 12.5. The first-order valence-electron chi connectivity index (χ1n) is 9.61. The first-order chi connectivity index (χ1) is 14.8. The van der Waals surface area contributed by atoms with Crippen molar-refractivity contribution >= 4 is 27.6 Å². The number of hydrogen-bond donors (Lipinski definition) is 2. The molecule has 0 atom stereocenters. The van der Waals surface area contributed by atoms with E-state index in [4.69, 9.17) is 0 Å². The highest BCUT2D eigenvalue weighted by Crippen LogP contribution is 2.38. The van der Waals surface area contributed by atoms with Gasteiger partial charge in [0, 0.05) is 29.6 Å². The third kappa shape index (κ3) is 5.12. The van der Waals surface area contributed by atoms with Gasteiger partial charge in [-0.1, -0.05) is 0 Å². The highest BCUT2D eigenvalue weighted by Gasteiger charge is 2.25. The number of aromatic nitrogens is 4. The van der Waals surface area contributed by atoms with Gasteiger partial charge in [-0.2, -0.15) is 5.10 Å². The van der Waals surface area contributed by atoms with Crippen LogP contribution in [0.25, 0.3) is 0 Å². The van der Waals surface area contributed by atoms with Gasteiger partial charge in [-0.15, -0.1) is 0 Å². The van der Waals surface area contributed by atoms with Crippen LogP contribution in [0, 0.1) is 6.92 Å². The average Bonchev–Trinajstić information content (AvgIpc) is 3.55. The molecular weight excluding hydrogens is 420 g/mol. The molecule has 1 aliphatic rings. The smallest absolute Gasteiger partial charge is 0.267 e. The zero-order valence-corrected chi connectivity index (χ0v) is 17.5. The standard InChI is InChI=1S/C20H20N6O4S/c1-13-10-11-21-20(22-13)25-31(29,30)16-6-4-15(5-7-16)23-18(27)12-26-19(28)9-8-17(24-26)14-2-3-14/h4-11,14H,2-3,12H2,1H3,(H,23,27)(H,21,22,25). The molecule has 1 aromatic carbocycles. The zero-order valence-electron chi connectivity index (χ0n) is 16.6. The second-order valence-electron chi connectivity index (χ2n) is 7.23. The fraction of sp³-hybridized carbons (Fsp3) is 0.250. The summed E-state index contributed by atoms with van der Waals surface area (Å²) in [6.45, 7) is 1.49. The Morgan fingerprint density at radius 1 is 1.13 bits per heavy atom. The van der Waals surface area contributed by atoms with Crippen LogP contribution < -0.4 is 15.6 Å². The van der Waals surface area contributed by atoms with Gasteiger partial charge in [0.15, 0.2) is 0 Å². The van der Waals surface area contributed by atoms with Crippen molar-refractivity contribution < 1.29 is 13.2 Å².